The molecule has 0 atom stereocenters. The number of rotatable bonds is 5. The van der Waals surface area contributed by atoms with Gasteiger partial charge in [-0.3, -0.25) is 4.79 Å². The molecule has 19 heavy (non-hydrogen) atoms. The quantitative estimate of drug-likeness (QED) is 0.844. The lowest BCUT2D eigenvalue weighted by molar-refractivity contribution is -0.147. The predicted molar refractivity (Wildman–Crippen MR) is 79.9 cm³/mol. The molecule has 1 aromatic rings. The fraction of sp³-hybridized carbons (Fsp3) is 0.533. The Morgan fingerprint density at radius 2 is 1.79 bits per heavy atom. The number of carbonyl (C=O) groups is 1. The third kappa shape index (κ3) is 2.77. The highest BCUT2D eigenvalue weighted by Gasteiger charge is 2.57. The molecule has 1 aromatic carbocycles. The van der Waals surface area contributed by atoms with Crippen LogP contribution in [0.25, 0.3) is 0 Å². The molecule has 4 heteroatoms. The molecule has 0 amide bonds. The molecule has 0 radical (unpaired) electrons. The molecule has 0 bridgehead atoms. The average Bonchev–Trinajstić information content (AvgIpc) is 2.35. The number of halogens is 1. The van der Waals surface area contributed by atoms with Crippen LogP contribution in [0, 0.1) is 5.41 Å². The minimum Gasteiger partial charge on any atom is -0.480 e. The Kier molecular flexibility index (Phi) is 4.17. The number of thioether (sulfide) groups is 1. The van der Waals surface area contributed by atoms with Gasteiger partial charge in [-0.25, -0.2) is 0 Å². The predicted octanol–water partition coefficient (Wildman–Crippen LogP) is 4.86. The lowest BCUT2D eigenvalue weighted by Gasteiger charge is -2.53. The van der Waals surface area contributed by atoms with Crippen molar-refractivity contribution in [3.63, 3.8) is 0 Å². The van der Waals surface area contributed by atoms with Crippen molar-refractivity contribution < 1.29 is 9.90 Å². The molecule has 2 rings (SSSR count). The Bertz CT molecular complexity index is 458. The molecule has 0 spiro atoms. The van der Waals surface area contributed by atoms with Gasteiger partial charge in [0, 0.05) is 9.92 Å². The summed E-state index contributed by atoms with van der Waals surface area (Å²) in [4.78, 5) is 12.6. The van der Waals surface area contributed by atoms with Crippen molar-refractivity contribution in [1.82, 2.24) is 0 Å². The van der Waals surface area contributed by atoms with Crippen molar-refractivity contribution in [2.75, 3.05) is 0 Å². The molecule has 1 aliphatic rings. The summed E-state index contributed by atoms with van der Waals surface area (Å²) in [6.07, 6.45) is 3.63. The summed E-state index contributed by atoms with van der Waals surface area (Å²) < 4.78 is -0.653. The number of carboxylic acid groups (broad SMARTS) is 1. The first kappa shape index (κ1) is 14.7. The molecule has 1 N–H and O–H groups in total. The standard InChI is InChI=1S/C15H19ClO2S/c1-3-14(4-2)9-15(10-14,13(17)18)19-12-7-5-11(16)6-8-12/h5-8H,3-4,9-10H2,1-2H3,(H,17,18). The molecule has 0 unspecified atom stereocenters. The number of carboxylic acids is 1. The molecule has 0 aromatic heterocycles. The molecule has 0 heterocycles. The number of benzene rings is 1. The van der Waals surface area contributed by atoms with Gasteiger partial charge >= 0.3 is 5.97 Å². The highest BCUT2D eigenvalue weighted by atomic mass is 35.5. The minimum absolute atomic E-state index is 0.220. The second kappa shape index (κ2) is 5.37. The molecular weight excluding hydrogens is 280 g/mol. The van der Waals surface area contributed by atoms with E-state index in [1.54, 1.807) is 0 Å². The monoisotopic (exact) mass is 298 g/mol. The van der Waals surface area contributed by atoms with Gasteiger partial charge in [-0.2, -0.15) is 0 Å². The zero-order valence-electron chi connectivity index (χ0n) is 11.3. The summed E-state index contributed by atoms with van der Waals surface area (Å²) in [7, 11) is 0. The van der Waals surface area contributed by atoms with Gasteiger partial charge in [0.15, 0.2) is 0 Å². The SMILES string of the molecule is CCC1(CC)CC(Sc2ccc(Cl)cc2)(C(=O)O)C1. The highest BCUT2D eigenvalue weighted by Crippen LogP contribution is 2.60. The van der Waals surface area contributed by atoms with E-state index in [4.69, 9.17) is 11.6 Å². The molecule has 1 fully saturated rings. The van der Waals surface area contributed by atoms with Crippen molar-refractivity contribution in [2.24, 2.45) is 5.41 Å². The van der Waals surface area contributed by atoms with Gasteiger partial charge in [-0.1, -0.05) is 38.3 Å². The average molecular weight is 299 g/mol. The maximum absolute atomic E-state index is 11.6. The zero-order valence-corrected chi connectivity index (χ0v) is 12.9. The third-order valence-electron chi connectivity index (χ3n) is 4.34. The van der Waals surface area contributed by atoms with Crippen LogP contribution in [0.1, 0.15) is 39.5 Å². The summed E-state index contributed by atoms with van der Waals surface area (Å²) in [5.74, 6) is -0.690. The summed E-state index contributed by atoms with van der Waals surface area (Å²) in [6.45, 7) is 4.31. The normalized spacial score (nSPS) is 19.7. The van der Waals surface area contributed by atoms with Gasteiger partial charge in [-0.15, -0.1) is 11.8 Å². The number of aliphatic carboxylic acids is 1. The third-order valence-corrected chi connectivity index (χ3v) is 5.95. The zero-order chi connectivity index (χ0) is 14.1. The lowest BCUT2D eigenvalue weighted by atomic mass is 9.58. The molecular formula is C15H19ClO2S. The van der Waals surface area contributed by atoms with Crippen molar-refractivity contribution >= 4 is 29.3 Å². The lowest BCUT2D eigenvalue weighted by Crippen LogP contribution is -2.54. The summed E-state index contributed by atoms with van der Waals surface area (Å²) in [5.41, 5.74) is 0.220. The van der Waals surface area contributed by atoms with Gasteiger partial charge in [-0.05, 0) is 42.5 Å². The Morgan fingerprint density at radius 1 is 1.26 bits per heavy atom. The van der Waals surface area contributed by atoms with E-state index in [1.807, 2.05) is 24.3 Å². The Hall–Kier alpha value is -0.670. The second-order valence-electron chi connectivity index (χ2n) is 5.42. The van der Waals surface area contributed by atoms with Crippen LogP contribution in [-0.4, -0.2) is 15.8 Å². The van der Waals surface area contributed by atoms with Gasteiger partial charge < -0.3 is 5.11 Å². The second-order valence-corrected chi connectivity index (χ2v) is 7.31. The van der Waals surface area contributed by atoms with Crippen LogP contribution in [-0.2, 0) is 4.79 Å². The van der Waals surface area contributed by atoms with Crippen LogP contribution < -0.4 is 0 Å². The van der Waals surface area contributed by atoms with Crippen molar-refractivity contribution in [1.29, 1.82) is 0 Å². The van der Waals surface area contributed by atoms with E-state index in [9.17, 15) is 9.90 Å². The topological polar surface area (TPSA) is 37.3 Å². The Labute approximate surface area is 123 Å². The first-order chi connectivity index (χ1) is 8.95. The smallest absolute Gasteiger partial charge is 0.320 e. The van der Waals surface area contributed by atoms with Crippen LogP contribution in [0.5, 0.6) is 0 Å². The fourth-order valence-corrected chi connectivity index (χ4v) is 4.60. The molecule has 0 saturated heterocycles. The Balaban J connectivity index is 2.15. The summed E-state index contributed by atoms with van der Waals surface area (Å²) >= 11 is 7.33. The van der Waals surface area contributed by atoms with E-state index >= 15 is 0 Å². The van der Waals surface area contributed by atoms with Gasteiger partial charge in [0.05, 0.1) is 0 Å². The number of hydrogen-bond acceptors (Lipinski definition) is 2. The van der Waals surface area contributed by atoms with Gasteiger partial charge in [0.25, 0.3) is 0 Å². The van der Waals surface area contributed by atoms with Gasteiger partial charge in [0.2, 0.25) is 0 Å². The molecule has 0 aliphatic heterocycles. The first-order valence-electron chi connectivity index (χ1n) is 6.63. The molecule has 1 aliphatic carbocycles. The van der Waals surface area contributed by atoms with Crippen molar-refractivity contribution in [3.05, 3.63) is 29.3 Å². The maximum atomic E-state index is 11.6. The van der Waals surface area contributed by atoms with E-state index in [0.29, 0.717) is 5.02 Å². The van der Waals surface area contributed by atoms with E-state index in [-0.39, 0.29) is 5.41 Å². The van der Waals surface area contributed by atoms with E-state index in [0.717, 1.165) is 30.6 Å². The van der Waals surface area contributed by atoms with Crippen LogP contribution in [0.4, 0.5) is 0 Å². The maximum Gasteiger partial charge on any atom is 0.320 e. The molecule has 2 nitrogen and oxygen atoms in total. The molecule has 1 saturated carbocycles. The van der Waals surface area contributed by atoms with Crippen LogP contribution in [0.3, 0.4) is 0 Å². The molecule has 104 valence electrons. The fourth-order valence-electron chi connectivity index (χ4n) is 2.91. The van der Waals surface area contributed by atoms with E-state index in [1.165, 1.54) is 11.8 Å². The largest absolute Gasteiger partial charge is 0.480 e. The van der Waals surface area contributed by atoms with Crippen LogP contribution in [0.2, 0.25) is 5.02 Å². The van der Waals surface area contributed by atoms with Crippen LogP contribution >= 0.6 is 23.4 Å². The van der Waals surface area contributed by atoms with E-state index in [2.05, 4.69) is 13.8 Å². The minimum atomic E-state index is -0.690. The Morgan fingerprint density at radius 3 is 2.21 bits per heavy atom. The van der Waals surface area contributed by atoms with Crippen molar-refractivity contribution in [3.8, 4) is 0 Å². The van der Waals surface area contributed by atoms with Crippen LogP contribution in [0.15, 0.2) is 29.2 Å². The number of hydrogen-bond donors (Lipinski definition) is 1. The van der Waals surface area contributed by atoms with Crippen molar-refractivity contribution in [2.45, 2.75) is 49.2 Å². The van der Waals surface area contributed by atoms with E-state index < -0.39 is 10.7 Å². The summed E-state index contributed by atoms with van der Waals surface area (Å²) in [6, 6.07) is 7.42. The highest BCUT2D eigenvalue weighted by molar-refractivity contribution is 8.01. The summed E-state index contributed by atoms with van der Waals surface area (Å²) in [5, 5.41) is 10.3. The van der Waals surface area contributed by atoms with Gasteiger partial charge in [0.1, 0.15) is 4.75 Å². The first-order valence-corrected chi connectivity index (χ1v) is 7.83.